The second-order valence-corrected chi connectivity index (χ2v) is 10.4. The molecule has 2 atom stereocenters. The first-order valence-corrected chi connectivity index (χ1v) is 12.5. The van der Waals surface area contributed by atoms with E-state index in [2.05, 4.69) is 116 Å². The third-order valence-corrected chi connectivity index (χ3v) is 6.11. The monoisotopic (exact) mass is 454 g/mol. The van der Waals surface area contributed by atoms with Crippen LogP contribution >= 0.6 is 11.3 Å². The molecule has 2 heteroatoms. The number of thiophene rings is 1. The minimum absolute atomic E-state index is 0.00713. The summed E-state index contributed by atoms with van der Waals surface area (Å²) < 4.78 is 0. The zero-order valence-corrected chi connectivity index (χ0v) is 20.9. The van der Waals surface area contributed by atoms with Crippen LogP contribution in [0.5, 0.6) is 0 Å². The van der Waals surface area contributed by atoms with Crippen molar-refractivity contribution in [2.24, 2.45) is 11.3 Å². The molecule has 0 saturated carbocycles. The van der Waals surface area contributed by atoms with Gasteiger partial charge in [-0.25, -0.2) is 0 Å². The van der Waals surface area contributed by atoms with Crippen molar-refractivity contribution in [2.75, 3.05) is 0 Å². The number of aliphatic hydroxyl groups excluding tert-OH is 1. The molecule has 0 fully saturated rings. The molecule has 0 radical (unpaired) electrons. The van der Waals surface area contributed by atoms with E-state index in [-0.39, 0.29) is 17.4 Å². The van der Waals surface area contributed by atoms with E-state index in [0.29, 0.717) is 0 Å². The molecule has 0 aliphatic rings. The molecule has 1 nitrogen and oxygen atoms in total. The highest BCUT2D eigenvalue weighted by Crippen LogP contribution is 2.24. The molecule has 2 unspecified atom stereocenters. The van der Waals surface area contributed by atoms with Crippen LogP contribution in [0.15, 0.2) is 77.5 Å². The van der Waals surface area contributed by atoms with Gasteiger partial charge in [0.1, 0.15) is 0 Å². The van der Waals surface area contributed by atoms with E-state index in [9.17, 15) is 5.11 Å². The summed E-state index contributed by atoms with van der Waals surface area (Å²) >= 11 is 1.72. The summed E-state index contributed by atoms with van der Waals surface area (Å²) in [4.78, 5) is 0. The van der Waals surface area contributed by atoms with E-state index in [4.69, 9.17) is 0 Å². The summed E-state index contributed by atoms with van der Waals surface area (Å²) in [5, 5.41) is 14.6. The Bertz CT molecular complexity index is 1130. The van der Waals surface area contributed by atoms with E-state index >= 15 is 0 Å². The molecule has 3 aromatic rings. The normalized spacial score (nSPS) is 13.7. The fourth-order valence-electron chi connectivity index (χ4n) is 3.58. The van der Waals surface area contributed by atoms with Gasteiger partial charge in [-0.2, -0.15) is 11.3 Å². The quantitative estimate of drug-likeness (QED) is 0.269. The van der Waals surface area contributed by atoms with Crippen molar-refractivity contribution < 1.29 is 5.11 Å². The fourth-order valence-corrected chi connectivity index (χ4v) is 4.25. The zero-order chi connectivity index (χ0) is 23.7. The Labute approximate surface area is 203 Å². The lowest BCUT2D eigenvalue weighted by molar-refractivity contribution is 0.126. The van der Waals surface area contributed by atoms with E-state index in [1.165, 1.54) is 27.8 Å². The lowest BCUT2D eigenvalue weighted by Crippen LogP contribution is -2.18. The minimum Gasteiger partial charge on any atom is -0.393 e. The SMILES string of the molecule is CC(O)C(C/C=C/C#CC(C)(C)C)Cc1cccc(/C=C/c2cccc(-c3ccsc3)c2)c1. The Morgan fingerprint density at radius 1 is 0.970 bits per heavy atom. The van der Waals surface area contributed by atoms with Crippen LogP contribution in [0.2, 0.25) is 0 Å². The summed E-state index contributed by atoms with van der Waals surface area (Å²) in [6.45, 7) is 8.19. The lowest BCUT2D eigenvalue weighted by atomic mass is 9.91. The van der Waals surface area contributed by atoms with Crippen LogP contribution in [0.25, 0.3) is 23.3 Å². The van der Waals surface area contributed by atoms with Crippen LogP contribution in [-0.2, 0) is 6.42 Å². The van der Waals surface area contributed by atoms with Crippen LogP contribution in [-0.4, -0.2) is 11.2 Å². The first-order valence-electron chi connectivity index (χ1n) is 11.6. The van der Waals surface area contributed by atoms with Gasteiger partial charge in [0.15, 0.2) is 0 Å². The van der Waals surface area contributed by atoms with Crippen LogP contribution in [0.4, 0.5) is 0 Å². The Balaban J connectivity index is 1.66. The molecule has 170 valence electrons. The molecule has 1 heterocycles. The van der Waals surface area contributed by atoms with E-state index in [1.54, 1.807) is 11.3 Å². The molecule has 0 aliphatic heterocycles. The van der Waals surface area contributed by atoms with Crippen LogP contribution in [0.1, 0.15) is 50.8 Å². The van der Waals surface area contributed by atoms with Crippen LogP contribution < -0.4 is 0 Å². The van der Waals surface area contributed by atoms with Gasteiger partial charge in [0.05, 0.1) is 6.10 Å². The highest BCUT2D eigenvalue weighted by Gasteiger charge is 2.14. The molecular formula is C31H34OS. The molecule has 1 N–H and O–H groups in total. The number of benzene rings is 2. The second-order valence-electron chi connectivity index (χ2n) is 9.58. The topological polar surface area (TPSA) is 20.2 Å². The van der Waals surface area contributed by atoms with Crippen molar-refractivity contribution in [2.45, 2.75) is 46.6 Å². The van der Waals surface area contributed by atoms with Gasteiger partial charge in [-0.3, -0.25) is 0 Å². The predicted octanol–water partition coefficient (Wildman–Crippen LogP) is 8.12. The average Bonchev–Trinajstić information content (AvgIpc) is 3.31. The molecule has 2 aromatic carbocycles. The summed E-state index contributed by atoms with van der Waals surface area (Å²) in [5.74, 6) is 6.50. The van der Waals surface area contributed by atoms with Gasteiger partial charge in [0.25, 0.3) is 0 Å². The smallest absolute Gasteiger partial charge is 0.0546 e. The van der Waals surface area contributed by atoms with Crippen molar-refractivity contribution >= 4 is 23.5 Å². The van der Waals surface area contributed by atoms with Gasteiger partial charge in [0.2, 0.25) is 0 Å². The van der Waals surface area contributed by atoms with Crippen molar-refractivity contribution in [3.05, 3.63) is 94.2 Å². The summed E-state index contributed by atoms with van der Waals surface area (Å²) in [7, 11) is 0. The zero-order valence-electron chi connectivity index (χ0n) is 20.1. The summed E-state index contributed by atoms with van der Waals surface area (Å²) in [6, 6.07) is 19.4. The molecule has 33 heavy (non-hydrogen) atoms. The molecule has 0 bridgehead atoms. The third-order valence-electron chi connectivity index (χ3n) is 5.43. The third kappa shape index (κ3) is 8.54. The van der Waals surface area contributed by atoms with Gasteiger partial charge in [0, 0.05) is 5.41 Å². The van der Waals surface area contributed by atoms with E-state index in [1.807, 2.05) is 13.0 Å². The Morgan fingerprint density at radius 3 is 2.36 bits per heavy atom. The Hall–Kier alpha value is -2.86. The van der Waals surface area contributed by atoms with Crippen molar-refractivity contribution in [1.82, 2.24) is 0 Å². The summed E-state index contributed by atoms with van der Waals surface area (Å²) in [6.07, 6.45) is 9.61. The van der Waals surface area contributed by atoms with Gasteiger partial charge < -0.3 is 5.11 Å². The lowest BCUT2D eigenvalue weighted by Gasteiger charge is -2.18. The standard InChI is InChI=1S/C31H34OS/c1-24(32)28(13-6-5-7-18-31(2,3)4)22-27-12-8-10-25(20-27)15-16-26-11-9-14-29(21-26)30-17-19-33-23-30/h5-6,8-12,14-17,19-21,23-24,28,32H,13,22H2,1-4H3/b6-5+,16-15+. The number of hydrogen-bond acceptors (Lipinski definition) is 2. The first kappa shape index (κ1) is 24.8. The van der Waals surface area contributed by atoms with Gasteiger partial charge in [-0.05, 0) is 103 Å². The predicted molar refractivity (Wildman–Crippen MR) is 145 cm³/mol. The number of rotatable bonds is 8. The largest absolute Gasteiger partial charge is 0.393 e. The first-order chi connectivity index (χ1) is 15.8. The van der Waals surface area contributed by atoms with Crippen molar-refractivity contribution in [1.29, 1.82) is 0 Å². The molecule has 1 aromatic heterocycles. The van der Waals surface area contributed by atoms with Gasteiger partial charge >= 0.3 is 0 Å². The second kappa shape index (κ2) is 11.8. The maximum atomic E-state index is 10.3. The molecular weight excluding hydrogens is 420 g/mol. The van der Waals surface area contributed by atoms with E-state index < -0.39 is 0 Å². The van der Waals surface area contributed by atoms with Gasteiger partial charge in [-0.1, -0.05) is 72.5 Å². The maximum Gasteiger partial charge on any atom is 0.0546 e. The average molecular weight is 455 g/mol. The van der Waals surface area contributed by atoms with Crippen LogP contribution in [0, 0.1) is 23.2 Å². The highest BCUT2D eigenvalue weighted by atomic mass is 32.1. The number of hydrogen-bond donors (Lipinski definition) is 1. The molecule has 0 saturated heterocycles. The van der Waals surface area contributed by atoms with Crippen LogP contribution in [0.3, 0.4) is 0 Å². The Morgan fingerprint density at radius 2 is 1.70 bits per heavy atom. The van der Waals surface area contributed by atoms with Crippen molar-refractivity contribution in [3.8, 4) is 23.0 Å². The number of aliphatic hydroxyl groups is 1. The minimum atomic E-state index is -0.371. The van der Waals surface area contributed by atoms with Gasteiger partial charge in [-0.15, -0.1) is 0 Å². The molecule has 0 aliphatic carbocycles. The Kier molecular flexibility index (Phi) is 8.89. The molecule has 0 amide bonds. The van der Waals surface area contributed by atoms with E-state index in [0.717, 1.165) is 12.8 Å². The summed E-state index contributed by atoms with van der Waals surface area (Å²) in [5.41, 5.74) is 6.11. The number of allylic oxidation sites excluding steroid dienone is 2. The fraction of sp³-hybridized carbons (Fsp3) is 0.290. The maximum absolute atomic E-state index is 10.3. The van der Waals surface area contributed by atoms with Crippen molar-refractivity contribution in [3.63, 3.8) is 0 Å². The molecule has 3 rings (SSSR count). The molecule has 0 spiro atoms. The highest BCUT2D eigenvalue weighted by molar-refractivity contribution is 7.08.